The van der Waals surface area contributed by atoms with Gasteiger partial charge in [0.2, 0.25) is 11.7 Å². The van der Waals surface area contributed by atoms with E-state index in [9.17, 15) is 26.7 Å². The summed E-state index contributed by atoms with van der Waals surface area (Å²) in [7, 11) is 0. The Balaban J connectivity index is 2.37. The molecule has 2 N–H and O–H groups in total. The molecule has 1 atom stereocenters. The molecule has 0 aromatic heterocycles. The summed E-state index contributed by atoms with van der Waals surface area (Å²) in [5.74, 6) is -11.4. The van der Waals surface area contributed by atoms with E-state index >= 15 is 0 Å². The van der Waals surface area contributed by atoms with Crippen molar-refractivity contribution in [1.29, 1.82) is 0 Å². The zero-order valence-electron chi connectivity index (χ0n) is 10.4. The molecule has 0 bridgehead atoms. The van der Waals surface area contributed by atoms with Crippen LogP contribution < -0.4 is 10.6 Å². The van der Waals surface area contributed by atoms with E-state index in [-0.39, 0.29) is 0 Å². The molecule has 0 aliphatic carbocycles. The van der Waals surface area contributed by atoms with Gasteiger partial charge in [0.05, 0.1) is 5.54 Å². The molecular formula is C12H11F5N2O. The normalized spacial score (nSPS) is 22.1. The largest absolute Gasteiger partial charge is 0.319 e. The lowest BCUT2D eigenvalue weighted by molar-refractivity contribution is -0.121. The molecule has 1 aromatic rings. The van der Waals surface area contributed by atoms with E-state index in [0.29, 0.717) is 19.4 Å². The van der Waals surface area contributed by atoms with E-state index in [1.54, 1.807) is 5.32 Å². The van der Waals surface area contributed by atoms with Crippen molar-refractivity contribution < 1.29 is 26.7 Å². The summed E-state index contributed by atoms with van der Waals surface area (Å²) >= 11 is 0. The molecule has 1 heterocycles. The van der Waals surface area contributed by atoms with Crippen LogP contribution in [0.5, 0.6) is 0 Å². The molecule has 110 valence electrons. The van der Waals surface area contributed by atoms with Gasteiger partial charge in [-0.2, -0.15) is 0 Å². The molecule has 0 radical (unpaired) electrons. The molecule has 1 aliphatic heterocycles. The van der Waals surface area contributed by atoms with Crippen molar-refractivity contribution in [2.24, 2.45) is 0 Å². The first-order chi connectivity index (χ1) is 9.28. The Kier molecular flexibility index (Phi) is 3.68. The number of hydrogen-bond donors (Lipinski definition) is 2. The third kappa shape index (κ3) is 2.24. The summed E-state index contributed by atoms with van der Waals surface area (Å²) in [6, 6.07) is 0. The fourth-order valence-electron chi connectivity index (χ4n) is 2.05. The number of carbonyl (C=O) groups excluding carboxylic acids is 1. The predicted octanol–water partition coefficient (Wildman–Crippen LogP) is 2.46. The van der Waals surface area contributed by atoms with Crippen molar-refractivity contribution in [3.63, 3.8) is 0 Å². The minimum atomic E-state index is -2.26. The van der Waals surface area contributed by atoms with Gasteiger partial charge in [0, 0.05) is 0 Å². The Labute approximate surface area is 111 Å². The summed E-state index contributed by atoms with van der Waals surface area (Å²) in [4.78, 5) is 11.9. The third-order valence-corrected chi connectivity index (χ3v) is 3.32. The van der Waals surface area contributed by atoms with E-state index in [1.165, 1.54) is 6.92 Å². The van der Waals surface area contributed by atoms with Crippen LogP contribution in [0.3, 0.4) is 0 Å². The number of benzene rings is 1. The van der Waals surface area contributed by atoms with Gasteiger partial charge in [-0.15, -0.1) is 0 Å². The highest BCUT2D eigenvalue weighted by atomic mass is 19.2. The highest BCUT2D eigenvalue weighted by molar-refractivity contribution is 5.98. The van der Waals surface area contributed by atoms with E-state index in [4.69, 9.17) is 0 Å². The first-order valence-electron chi connectivity index (χ1n) is 5.86. The van der Waals surface area contributed by atoms with Gasteiger partial charge in [-0.1, -0.05) is 0 Å². The molecule has 1 aliphatic rings. The second-order valence-electron chi connectivity index (χ2n) is 4.76. The first kappa shape index (κ1) is 14.7. The molecule has 20 heavy (non-hydrogen) atoms. The van der Waals surface area contributed by atoms with Gasteiger partial charge in [0.15, 0.2) is 23.3 Å². The molecule has 2 rings (SSSR count). The van der Waals surface area contributed by atoms with Crippen molar-refractivity contribution in [2.45, 2.75) is 25.3 Å². The lowest BCUT2D eigenvalue weighted by Crippen LogP contribution is -2.48. The van der Waals surface area contributed by atoms with E-state index < -0.39 is 46.2 Å². The average Bonchev–Trinajstić information content (AvgIpc) is 2.87. The number of hydrogen-bond acceptors (Lipinski definition) is 2. The summed E-state index contributed by atoms with van der Waals surface area (Å²) in [6.45, 7) is 2.02. The second-order valence-corrected chi connectivity index (χ2v) is 4.76. The third-order valence-electron chi connectivity index (χ3n) is 3.32. The fraction of sp³-hybridized carbons (Fsp3) is 0.417. The predicted molar refractivity (Wildman–Crippen MR) is 60.5 cm³/mol. The Morgan fingerprint density at radius 1 is 1.05 bits per heavy atom. The average molecular weight is 294 g/mol. The van der Waals surface area contributed by atoms with Crippen LogP contribution in [0.15, 0.2) is 0 Å². The Bertz CT molecular complexity index is 540. The summed E-state index contributed by atoms with van der Waals surface area (Å²) in [5, 5.41) is 4.59. The minimum Gasteiger partial charge on any atom is -0.319 e. The van der Waals surface area contributed by atoms with Gasteiger partial charge >= 0.3 is 0 Å². The number of amides is 1. The van der Waals surface area contributed by atoms with Gasteiger partial charge in [0.25, 0.3) is 0 Å². The number of carbonyl (C=O) groups is 1. The molecule has 1 amide bonds. The smallest absolute Gasteiger partial charge is 0.244 e. The van der Waals surface area contributed by atoms with Crippen LogP contribution in [0.1, 0.15) is 19.8 Å². The molecule has 1 fully saturated rings. The SMILES string of the molecule is CC1(C(=O)Nc2c(F)c(F)c(F)c(F)c2F)CCCN1. The highest BCUT2D eigenvalue weighted by Gasteiger charge is 2.37. The molecule has 3 nitrogen and oxygen atoms in total. The molecule has 0 saturated carbocycles. The monoisotopic (exact) mass is 294 g/mol. The molecular weight excluding hydrogens is 283 g/mol. The van der Waals surface area contributed by atoms with E-state index in [1.807, 2.05) is 0 Å². The van der Waals surface area contributed by atoms with Crippen LogP contribution in [-0.4, -0.2) is 18.0 Å². The maximum Gasteiger partial charge on any atom is 0.244 e. The van der Waals surface area contributed by atoms with Gasteiger partial charge < -0.3 is 10.6 Å². The van der Waals surface area contributed by atoms with Crippen LogP contribution in [0.4, 0.5) is 27.6 Å². The zero-order valence-corrected chi connectivity index (χ0v) is 10.4. The topological polar surface area (TPSA) is 41.1 Å². The van der Waals surface area contributed by atoms with Gasteiger partial charge in [0.1, 0.15) is 5.69 Å². The van der Waals surface area contributed by atoms with Gasteiger partial charge in [-0.25, -0.2) is 22.0 Å². The van der Waals surface area contributed by atoms with Crippen LogP contribution in [0.25, 0.3) is 0 Å². The van der Waals surface area contributed by atoms with Crippen LogP contribution in [0.2, 0.25) is 0 Å². The molecule has 1 aromatic carbocycles. The highest BCUT2D eigenvalue weighted by Crippen LogP contribution is 2.29. The second kappa shape index (κ2) is 5.01. The quantitative estimate of drug-likeness (QED) is 0.500. The maximum atomic E-state index is 13.4. The van der Waals surface area contributed by atoms with Gasteiger partial charge in [-0.05, 0) is 26.3 Å². The lowest BCUT2D eigenvalue weighted by Gasteiger charge is -2.23. The van der Waals surface area contributed by atoms with Gasteiger partial charge in [-0.3, -0.25) is 4.79 Å². The van der Waals surface area contributed by atoms with Crippen LogP contribution in [0, 0.1) is 29.1 Å². The molecule has 8 heteroatoms. The lowest BCUT2D eigenvalue weighted by atomic mass is 9.99. The standard InChI is InChI=1S/C12H11F5N2O/c1-12(3-2-4-18-12)11(20)19-10-8(16)6(14)5(13)7(15)9(10)17/h18H,2-4H2,1H3,(H,19,20). The number of anilines is 1. The van der Waals surface area contributed by atoms with E-state index in [2.05, 4.69) is 5.32 Å². The Morgan fingerprint density at radius 3 is 2.00 bits per heavy atom. The summed E-state index contributed by atoms with van der Waals surface area (Å²) in [5.41, 5.74) is -2.43. The van der Waals surface area contributed by atoms with Crippen molar-refractivity contribution >= 4 is 11.6 Å². The van der Waals surface area contributed by atoms with Crippen LogP contribution in [-0.2, 0) is 4.79 Å². The fourth-order valence-corrected chi connectivity index (χ4v) is 2.05. The summed E-state index contributed by atoms with van der Waals surface area (Å²) in [6.07, 6.45) is 1.06. The summed E-state index contributed by atoms with van der Waals surface area (Å²) < 4.78 is 65.7. The van der Waals surface area contributed by atoms with Crippen LogP contribution >= 0.6 is 0 Å². The molecule has 1 saturated heterocycles. The number of rotatable bonds is 2. The van der Waals surface area contributed by atoms with Crippen molar-refractivity contribution in [3.8, 4) is 0 Å². The Hall–Kier alpha value is -1.70. The van der Waals surface area contributed by atoms with Crippen molar-refractivity contribution in [2.75, 3.05) is 11.9 Å². The number of halogens is 5. The Morgan fingerprint density at radius 2 is 1.55 bits per heavy atom. The molecule has 1 unspecified atom stereocenters. The van der Waals surface area contributed by atoms with Crippen molar-refractivity contribution in [3.05, 3.63) is 29.1 Å². The zero-order chi connectivity index (χ0) is 15.1. The first-order valence-corrected chi connectivity index (χ1v) is 5.86. The maximum absolute atomic E-state index is 13.4. The minimum absolute atomic E-state index is 0.397. The van der Waals surface area contributed by atoms with E-state index in [0.717, 1.165) is 0 Å². The molecule has 0 spiro atoms. The number of nitrogens with one attached hydrogen (secondary N) is 2. The van der Waals surface area contributed by atoms with Crippen molar-refractivity contribution in [1.82, 2.24) is 5.32 Å².